The summed E-state index contributed by atoms with van der Waals surface area (Å²) in [5.74, 6) is 0.676. The molecule has 0 radical (unpaired) electrons. The maximum Gasteiger partial charge on any atom is 0.167 e. The van der Waals surface area contributed by atoms with Gasteiger partial charge in [0.05, 0.1) is 12.3 Å². The van der Waals surface area contributed by atoms with Gasteiger partial charge in [-0.2, -0.15) is 0 Å². The molecule has 2 aromatic carbocycles. The van der Waals surface area contributed by atoms with Gasteiger partial charge in [-0.25, -0.2) is 4.39 Å². The molecule has 0 saturated carbocycles. The number of anilines is 1. The average Bonchev–Trinajstić information content (AvgIpc) is 2.44. The molecule has 5 heteroatoms. The second kappa shape index (κ2) is 6.80. The first-order valence-electron chi connectivity index (χ1n) is 6.67. The highest BCUT2D eigenvalue weighted by molar-refractivity contribution is 9.10. The molecule has 0 aliphatic heterocycles. The third kappa shape index (κ3) is 3.88. The van der Waals surface area contributed by atoms with Crippen molar-refractivity contribution in [2.45, 2.75) is 20.3 Å². The van der Waals surface area contributed by atoms with Crippen molar-refractivity contribution in [2.75, 3.05) is 12.3 Å². The minimum atomic E-state index is -0.486. The summed E-state index contributed by atoms with van der Waals surface area (Å²) in [6.07, 6.45) is 0.798. The van der Waals surface area contributed by atoms with E-state index < -0.39 is 5.82 Å². The van der Waals surface area contributed by atoms with Crippen LogP contribution in [0.3, 0.4) is 0 Å². The molecule has 2 rings (SSSR count). The van der Waals surface area contributed by atoms with Crippen LogP contribution >= 0.6 is 15.9 Å². The van der Waals surface area contributed by atoms with Gasteiger partial charge in [-0.15, -0.1) is 0 Å². The number of nitrogens with two attached hydrogens (primary N) is 1. The Morgan fingerprint density at radius 2 is 1.95 bits per heavy atom. The Morgan fingerprint density at radius 1 is 1.19 bits per heavy atom. The number of hydrogen-bond donors (Lipinski definition) is 1. The first kappa shape index (κ1) is 15.6. The van der Waals surface area contributed by atoms with E-state index in [-0.39, 0.29) is 11.4 Å². The lowest BCUT2D eigenvalue weighted by atomic mass is 10.2. The second-order valence-electron chi connectivity index (χ2n) is 4.68. The first-order chi connectivity index (χ1) is 10.0. The van der Waals surface area contributed by atoms with Crippen LogP contribution < -0.4 is 15.2 Å². The molecule has 0 amide bonds. The van der Waals surface area contributed by atoms with Gasteiger partial charge in [0, 0.05) is 16.6 Å². The van der Waals surface area contributed by atoms with Crippen LogP contribution in [-0.2, 0) is 0 Å². The van der Waals surface area contributed by atoms with E-state index in [4.69, 9.17) is 15.2 Å². The fourth-order valence-electron chi connectivity index (χ4n) is 1.77. The lowest BCUT2D eigenvalue weighted by Crippen LogP contribution is -2.00. The van der Waals surface area contributed by atoms with E-state index in [0.29, 0.717) is 18.1 Å². The van der Waals surface area contributed by atoms with Gasteiger partial charge in [-0.3, -0.25) is 0 Å². The van der Waals surface area contributed by atoms with Crippen molar-refractivity contribution in [3.05, 3.63) is 46.2 Å². The normalized spacial score (nSPS) is 10.5. The van der Waals surface area contributed by atoms with E-state index in [1.807, 2.05) is 32.0 Å². The molecule has 112 valence electrons. The molecule has 0 unspecified atom stereocenters. The second-order valence-corrected chi connectivity index (χ2v) is 5.54. The summed E-state index contributed by atoms with van der Waals surface area (Å²) < 4.78 is 25.8. The Hall–Kier alpha value is -1.75. The van der Waals surface area contributed by atoms with Crippen LogP contribution in [0.5, 0.6) is 17.2 Å². The fourth-order valence-corrected chi connectivity index (χ4v) is 2.02. The molecular formula is C16H17BrFNO2. The zero-order valence-corrected chi connectivity index (χ0v) is 13.5. The maximum atomic E-state index is 13.7. The molecule has 0 heterocycles. The van der Waals surface area contributed by atoms with Gasteiger partial charge in [0.15, 0.2) is 17.3 Å². The summed E-state index contributed by atoms with van der Waals surface area (Å²) >= 11 is 3.43. The number of rotatable bonds is 5. The Balaban J connectivity index is 2.28. The van der Waals surface area contributed by atoms with Crippen LogP contribution in [0.2, 0.25) is 0 Å². The third-order valence-electron chi connectivity index (χ3n) is 2.88. The first-order valence-corrected chi connectivity index (χ1v) is 7.46. The van der Waals surface area contributed by atoms with Crippen molar-refractivity contribution >= 4 is 21.6 Å². The molecule has 0 bridgehead atoms. The summed E-state index contributed by atoms with van der Waals surface area (Å²) in [5, 5.41) is 0. The SMILES string of the molecule is CCCOc1cc(Oc2ccc(Br)c(C)c2)c(N)cc1F. The molecule has 0 aliphatic rings. The molecule has 0 spiro atoms. The molecule has 0 saturated heterocycles. The molecule has 0 aliphatic carbocycles. The van der Waals surface area contributed by atoms with E-state index >= 15 is 0 Å². The standard InChI is InChI=1S/C16H17BrFNO2/c1-3-6-20-15-9-16(14(19)8-13(15)18)21-11-4-5-12(17)10(2)7-11/h4-5,7-9H,3,6,19H2,1-2H3. The fraction of sp³-hybridized carbons (Fsp3) is 0.250. The molecular weight excluding hydrogens is 337 g/mol. The highest BCUT2D eigenvalue weighted by atomic mass is 79.9. The van der Waals surface area contributed by atoms with Gasteiger partial charge in [0.25, 0.3) is 0 Å². The molecule has 2 aromatic rings. The third-order valence-corrected chi connectivity index (χ3v) is 3.77. The van der Waals surface area contributed by atoms with Gasteiger partial charge in [0.1, 0.15) is 5.75 Å². The van der Waals surface area contributed by atoms with Crippen LogP contribution in [0.4, 0.5) is 10.1 Å². The average molecular weight is 354 g/mol. The van der Waals surface area contributed by atoms with Gasteiger partial charge >= 0.3 is 0 Å². The summed E-state index contributed by atoms with van der Waals surface area (Å²) in [6, 6.07) is 8.27. The predicted molar refractivity (Wildman–Crippen MR) is 85.6 cm³/mol. The molecule has 0 aromatic heterocycles. The van der Waals surface area contributed by atoms with Crippen LogP contribution in [0, 0.1) is 12.7 Å². The number of aryl methyl sites for hydroxylation is 1. The zero-order valence-electron chi connectivity index (χ0n) is 12.0. The number of ether oxygens (including phenoxy) is 2. The molecule has 21 heavy (non-hydrogen) atoms. The van der Waals surface area contributed by atoms with Crippen molar-refractivity contribution in [3.63, 3.8) is 0 Å². The summed E-state index contributed by atoms with van der Waals surface area (Å²) in [6.45, 7) is 4.36. The van der Waals surface area contributed by atoms with Gasteiger partial charge < -0.3 is 15.2 Å². The van der Waals surface area contributed by atoms with Crippen molar-refractivity contribution in [1.82, 2.24) is 0 Å². The Labute approximate surface area is 132 Å². The molecule has 0 atom stereocenters. The van der Waals surface area contributed by atoms with Crippen molar-refractivity contribution in [2.24, 2.45) is 0 Å². The molecule has 3 nitrogen and oxygen atoms in total. The number of benzene rings is 2. The van der Waals surface area contributed by atoms with Crippen LogP contribution in [0.1, 0.15) is 18.9 Å². The summed E-state index contributed by atoms with van der Waals surface area (Å²) in [5.41, 5.74) is 7.08. The largest absolute Gasteiger partial charge is 0.490 e. The van der Waals surface area contributed by atoms with E-state index in [1.165, 1.54) is 12.1 Å². The lowest BCUT2D eigenvalue weighted by molar-refractivity contribution is 0.300. The minimum Gasteiger partial charge on any atom is -0.490 e. The monoisotopic (exact) mass is 353 g/mol. The van der Waals surface area contributed by atoms with E-state index in [0.717, 1.165) is 16.5 Å². The number of halogens is 2. The lowest BCUT2D eigenvalue weighted by Gasteiger charge is -2.13. The minimum absolute atomic E-state index is 0.148. The number of hydrogen-bond acceptors (Lipinski definition) is 3. The smallest absolute Gasteiger partial charge is 0.167 e. The Bertz CT molecular complexity index is 646. The summed E-state index contributed by atoms with van der Waals surface area (Å²) in [4.78, 5) is 0. The van der Waals surface area contributed by atoms with Crippen molar-refractivity contribution in [3.8, 4) is 17.2 Å². The quantitative estimate of drug-likeness (QED) is 0.764. The van der Waals surface area contributed by atoms with Crippen molar-refractivity contribution in [1.29, 1.82) is 0 Å². The maximum absolute atomic E-state index is 13.7. The Kier molecular flexibility index (Phi) is 5.07. The Morgan fingerprint density at radius 3 is 2.62 bits per heavy atom. The van der Waals surface area contributed by atoms with Crippen LogP contribution in [-0.4, -0.2) is 6.61 Å². The predicted octanol–water partition coefficient (Wildman–Crippen LogP) is 5.06. The van der Waals surface area contributed by atoms with E-state index in [2.05, 4.69) is 15.9 Å². The van der Waals surface area contributed by atoms with Gasteiger partial charge in [-0.1, -0.05) is 22.9 Å². The zero-order chi connectivity index (χ0) is 15.4. The van der Waals surface area contributed by atoms with Crippen molar-refractivity contribution < 1.29 is 13.9 Å². The topological polar surface area (TPSA) is 44.5 Å². The van der Waals surface area contributed by atoms with Gasteiger partial charge in [0.2, 0.25) is 0 Å². The highest BCUT2D eigenvalue weighted by Gasteiger charge is 2.11. The summed E-state index contributed by atoms with van der Waals surface area (Å²) in [7, 11) is 0. The molecule has 2 N–H and O–H groups in total. The van der Waals surface area contributed by atoms with Crippen LogP contribution in [0.15, 0.2) is 34.8 Å². The highest BCUT2D eigenvalue weighted by Crippen LogP contribution is 2.34. The van der Waals surface area contributed by atoms with Crippen LogP contribution in [0.25, 0.3) is 0 Å². The van der Waals surface area contributed by atoms with E-state index in [9.17, 15) is 4.39 Å². The molecule has 0 fully saturated rings. The van der Waals surface area contributed by atoms with E-state index in [1.54, 1.807) is 0 Å². The number of nitrogen functional groups attached to an aromatic ring is 1. The van der Waals surface area contributed by atoms with Gasteiger partial charge in [-0.05, 0) is 37.1 Å².